The van der Waals surface area contributed by atoms with E-state index in [0.717, 1.165) is 22.3 Å². The molecular formula is C22H19N5O. The normalized spacial score (nSPS) is 10.6. The van der Waals surface area contributed by atoms with E-state index in [9.17, 15) is 4.79 Å². The smallest absolute Gasteiger partial charge is 0.256 e. The second-order valence-corrected chi connectivity index (χ2v) is 6.57. The third kappa shape index (κ3) is 3.53. The fourth-order valence-corrected chi connectivity index (χ4v) is 2.95. The summed E-state index contributed by atoms with van der Waals surface area (Å²) in [5, 5.41) is 3.73. The second kappa shape index (κ2) is 7.44. The van der Waals surface area contributed by atoms with Crippen molar-refractivity contribution < 1.29 is 4.79 Å². The Balaban J connectivity index is 1.73. The first-order valence-electron chi connectivity index (χ1n) is 8.87. The number of anilines is 2. The van der Waals surface area contributed by atoms with E-state index >= 15 is 0 Å². The summed E-state index contributed by atoms with van der Waals surface area (Å²) in [6.07, 6.45) is 5.10. The van der Waals surface area contributed by atoms with Gasteiger partial charge >= 0.3 is 0 Å². The molecule has 0 aliphatic heterocycles. The second-order valence-electron chi connectivity index (χ2n) is 6.57. The monoisotopic (exact) mass is 369 g/mol. The number of aromatic nitrogens is 3. The van der Waals surface area contributed by atoms with Crippen molar-refractivity contribution in [3.63, 3.8) is 0 Å². The lowest BCUT2D eigenvalue weighted by Crippen LogP contribution is -2.14. The molecule has 1 aromatic carbocycles. The maximum atomic E-state index is 13.0. The Morgan fingerprint density at radius 2 is 1.86 bits per heavy atom. The van der Waals surface area contributed by atoms with Gasteiger partial charge in [0.25, 0.3) is 5.91 Å². The van der Waals surface area contributed by atoms with Crippen LogP contribution in [0.25, 0.3) is 22.2 Å². The molecule has 1 amide bonds. The Bertz CT molecular complexity index is 1120. The van der Waals surface area contributed by atoms with Crippen LogP contribution < -0.4 is 10.2 Å². The van der Waals surface area contributed by atoms with Crippen LogP contribution in [-0.4, -0.2) is 35.0 Å². The number of rotatable bonds is 4. The van der Waals surface area contributed by atoms with Gasteiger partial charge in [0.1, 0.15) is 5.82 Å². The van der Waals surface area contributed by atoms with Crippen molar-refractivity contribution in [2.24, 2.45) is 0 Å². The third-order valence-electron chi connectivity index (χ3n) is 4.38. The molecule has 0 saturated heterocycles. The molecule has 0 bridgehead atoms. The Labute approximate surface area is 162 Å². The number of amides is 1. The zero-order valence-corrected chi connectivity index (χ0v) is 15.6. The average Bonchev–Trinajstić information content (AvgIpc) is 2.74. The number of hydrogen-bond donors (Lipinski definition) is 1. The van der Waals surface area contributed by atoms with Gasteiger partial charge in [-0.05, 0) is 36.4 Å². The minimum absolute atomic E-state index is 0.205. The first-order valence-corrected chi connectivity index (χ1v) is 8.87. The fourth-order valence-electron chi connectivity index (χ4n) is 2.95. The van der Waals surface area contributed by atoms with E-state index in [1.807, 2.05) is 67.5 Å². The van der Waals surface area contributed by atoms with Crippen LogP contribution in [0.4, 0.5) is 11.5 Å². The summed E-state index contributed by atoms with van der Waals surface area (Å²) in [5.41, 5.74) is 3.52. The molecule has 3 heterocycles. The Hall–Kier alpha value is -3.80. The molecule has 0 spiro atoms. The summed E-state index contributed by atoms with van der Waals surface area (Å²) in [5.74, 6) is 0.620. The molecule has 6 heteroatoms. The topological polar surface area (TPSA) is 71.0 Å². The van der Waals surface area contributed by atoms with Crippen LogP contribution in [0.2, 0.25) is 0 Å². The molecule has 0 aliphatic carbocycles. The van der Waals surface area contributed by atoms with Gasteiger partial charge in [-0.15, -0.1) is 0 Å². The molecule has 4 rings (SSSR count). The minimum atomic E-state index is -0.205. The van der Waals surface area contributed by atoms with E-state index in [2.05, 4.69) is 20.3 Å². The fraction of sp³-hybridized carbons (Fsp3) is 0.0909. The van der Waals surface area contributed by atoms with Crippen LogP contribution in [0.5, 0.6) is 0 Å². The average molecular weight is 369 g/mol. The number of nitrogens with zero attached hydrogens (tertiary/aromatic N) is 4. The summed E-state index contributed by atoms with van der Waals surface area (Å²) in [6.45, 7) is 0. The van der Waals surface area contributed by atoms with E-state index < -0.39 is 0 Å². The zero-order valence-electron chi connectivity index (χ0n) is 15.6. The van der Waals surface area contributed by atoms with Gasteiger partial charge in [0.2, 0.25) is 0 Å². The summed E-state index contributed by atoms with van der Waals surface area (Å²) in [6, 6.07) is 16.9. The van der Waals surface area contributed by atoms with Gasteiger partial charge < -0.3 is 10.2 Å². The van der Waals surface area contributed by atoms with E-state index in [-0.39, 0.29) is 5.91 Å². The molecule has 0 atom stereocenters. The predicted octanol–water partition coefficient (Wildman–Crippen LogP) is 4.01. The van der Waals surface area contributed by atoms with Gasteiger partial charge in [-0.1, -0.05) is 18.2 Å². The maximum absolute atomic E-state index is 13.0. The Kier molecular flexibility index (Phi) is 4.68. The third-order valence-corrected chi connectivity index (χ3v) is 4.38. The molecule has 0 aliphatic rings. The molecule has 0 saturated carbocycles. The van der Waals surface area contributed by atoms with Gasteiger partial charge in [0.15, 0.2) is 0 Å². The van der Waals surface area contributed by atoms with Gasteiger partial charge in [-0.2, -0.15) is 0 Å². The maximum Gasteiger partial charge on any atom is 0.256 e. The van der Waals surface area contributed by atoms with Crippen LogP contribution >= 0.6 is 0 Å². The van der Waals surface area contributed by atoms with Gasteiger partial charge in [0.05, 0.1) is 28.7 Å². The van der Waals surface area contributed by atoms with Crippen LogP contribution in [-0.2, 0) is 0 Å². The number of pyridine rings is 3. The predicted molar refractivity (Wildman–Crippen MR) is 111 cm³/mol. The Morgan fingerprint density at radius 3 is 2.57 bits per heavy atom. The molecule has 0 radical (unpaired) electrons. The highest BCUT2D eigenvalue weighted by molar-refractivity contribution is 6.13. The van der Waals surface area contributed by atoms with E-state index in [1.165, 1.54) is 0 Å². The highest BCUT2D eigenvalue weighted by atomic mass is 16.1. The minimum Gasteiger partial charge on any atom is -0.363 e. The number of para-hydroxylation sites is 1. The number of nitrogens with one attached hydrogen (secondary N) is 1. The van der Waals surface area contributed by atoms with E-state index in [1.54, 1.807) is 24.7 Å². The molecule has 1 N–H and O–H groups in total. The van der Waals surface area contributed by atoms with Crippen LogP contribution in [0, 0.1) is 0 Å². The first kappa shape index (κ1) is 17.6. The van der Waals surface area contributed by atoms with Crippen LogP contribution in [0.1, 0.15) is 10.4 Å². The quantitative estimate of drug-likeness (QED) is 0.588. The van der Waals surface area contributed by atoms with Gasteiger partial charge in [-0.3, -0.25) is 9.78 Å². The molecule has 6 nitrogen and oxygen atoms in total. The molecule has 4 aromatic rings. The molecule has 3 aromatic heterocycles. The van der Waals surface area contributed by atoms with Gasteiger partial charge in [0, 0.05) is 37.4 Å². The molecule has 138 valence electrons. The first-order chi connectivity index (χ1) is 13.6. The number of carbonyl (C=O) groups is 1. The number of benzene rings is 1. The summed E-state index contributed by atoms with van der Waals surface area (Å²) in [4.78, 5) is 28.1. The highest BCUT2D eigenvalue weighted by Gasteiger charge is 2.14. The summed E-state index contributed by atoms with van der Waals surface area (Å²) < 4.78 is 0. The van der Waals surface area contributed by atoms with E-state index in [0.29, 0.717) is 16.9 Å². The molecular weight excluding hydrogens is 350 g/mol. The largest absolute Gasteiger partial charge is 0.363 e. The molecule has 0 fully saturated rings. The number of carbonyl (C=O) groups excluding carboxylic acids is 1. The standard InChI is InChI=1S/C22H19N5O/c1-27(2)21-10-9-16(14-24-21)25-22(28)18-12-20(15-6-5-11-23-13-15)26-19-8-4-3-7-17(18)19/h3-14H,1-2H3,(H,25,28). The lowest BCUT2D eigenvalue weighted by atomic mass is 10.0. The highest BCUT2D eigenvalue weighted by Crippen LogP contribution is 2.25. The SMILES string of the molecule is CN(C)c1ccc(NC(=O)c2cc(-c3cccnc3)nc3ccccc23)cn1. The van der Waals surface area contributed by atoms with Crippen molar-refractivity contribution in [2.75, 3.05) is 24.3 Å². The van der Waals surface area contributed by atoms with Crippen molar-refractivity contribution in [3.05, 3.63) is 78.8 Å². The van der Waals surface area contributed by atoms with E-state index in [4.69, 9.17) is 0 Å². The lowest BCUT2D eigenvalue weighted by molar-refractivity contribution is 0.102. The van der Waals surface area contributed by atoms with Gasteiger partial charge in [-0.25, -0.2) is 9.97 Å². The molecule has 28 heavy (non-hydrogen) atoms. The lowest BCUT2D eigenvalue weighted by Gasteiger charge is -2.13. The summed E-state index contributed by atoms with van der Waals surface area (Å²) >= 11 is 0. The van der Waals surface area contributed by atoms with Crippen molar-refractivity contribution in [2.45, 2.75) is 0 Å². The van der Waals surface area contributed by atoms with Crippen molar-refractivity contribution in [3.8, 4) is 11.3 Å². The number of fused-ring (bicyclic) bond motifs is 1. The molecule has 0 unspecified atom stereocenters. The number of hydrogen-bond acceptors (Lipinski definition) is 5. The zero-order chi connectivity index (χ0) is 19.5. The Morgan fingerprint density at radius 1 is 1.00 bits per heavy atom. The van der Waals surface area contributed by atoms with Crippen molar-refractivity contribution in [1.29, 1.82) is 0 Å². The summed E-state index contributed by atoms with van der Waals surface area (Å²) in [7, 11) is 3.84. The van der Waals surface area contributed by atoms with Crippen molar-refractivity contribution in [1.82, 2.24) is 15.0 Å². The van der Waals surface area contributed by atoms with Crippen LogP contribution in [0.15, 0.2) is 73.2 Å². The van der Waals surface area contributed by atoms with Crippen molar-refractivity contribution >= 4 is 28.3 Å². The van der Waals surface area contributed by atoms with Crippen LogP contribution in [0.3, 0.4) is 0 Å².